The van der Waals surface area contributed by atoms with E-state index in [1.165, 1.54) is 12.8 Å². The summed E-state index contributed by atoms with van der Waals surface area (Å²) in [6.07, 6.45) is 7.45. The molecule has 0 spiro atoms. The first-order valence-corrected chi connectivity index (χ1v) is 7.67. The average molecular weight is 265 g/mol. The van der Waals surface area contributed by atoms with Crippen molar-refractivity contribution >= 4 is 11.8 Å². The Hall–Kier alpha value is -0.900. The second kappa shape index (κ2) is 5.61. The van der Waals surface area contributed by atoms with E-state index in [1.54, 1.807) is 0 Å². The van der Waals surface area contributed by atoms with Crippen LogP contribution in [0.25, 0.3) is 0 Å². The number of carbonyl (C=O) groups is 2. The normalized spacial score (nSPS) is 37.4. The lowest BCUT2D eigenvalue weighted by atomic mass is 9.69. The molecule has 1 saturated carbocycles. The van der Waals surface area contributed by atoms with Crippen LogP contribution >= 0.6 is 0 Å². The monoisotopic (exact) mass is 265 g/mol. The molecule has 4 heteroatoms. The largest absolute Gasteiger partial charge is 0.381 e. The molecule has 19 heavy (non-hydrogen) atoms. The maximum absolute atomic E-state index is 12.3. The molecule has 3 rings (SSSR count). The lowest BCUT2D eigenvalue weighted by molar-refractivity contribution is -0.143. The highest BCUT2D eigenvalue weighted by Crippen LogP contribution is 2.42. The van der Waals surface area contributed by atoms with E-state index in [4.69, 9.17) is 4.74 Å². The van der Waals surface area contributed by atoms with Crippen molar-refractivity contribution in [2.24, 2.45) is 23.7 Å². The van der Waals surface area contributed by atoms with Crippen molar-refractivity contribution in [1.29, 1.82) is 0 Å². The standard InChI is InChI=1S/C15H23NO3/c17-13-8-12(11-6-3-7-19-9-11)14(15(18)16-13)10-4-1-2-5-10/h10-12,14H,1-9H2,(H,16,17,18). The van der Waals surface area contributed by atoms with E-state index in [0.29, 0.717) is 18.3 Å². The van der Waals surface area contributed by atoms with Gasteiger partial charge < -0.3 is 4.74 Å². The fourth-order valence-electron chi connectivity index (χ4n) is 4.25. The molecule has 106 valence electrons. The van der Waals surface area contributed by atoms with E-state index in [-0.39, 0.29) is 23.7 Å². The van der Waals surface area contributed by atoms with Gasteiger partial charge in [-0.05, 0) is 43.4 Å². The van der Waals surface area contributed by atoms with Gasteiger partial charge in [0.25, 0.3) is 0 Å². The summed E-state index contributed by atoms with van der Waals surface area (Å²) in [7, 11) is 0. The molecule has 2 saturated heterocycles. The molecule has 0 radical (unpaired) electrons. The van der Waals surface area contributed by atoms with Crippen LogP contribution in [0.3, 0.4) is 0 Å². The Bertz CT molecular complexity index is 356. The molecule has 2 aliphatic heterocycles. The van der Waals surface area contributed by atoms with Crippen LogP contribution in [0.5, 0.6) is 0 Å². The fourth-order valence-corrected chi connectivity index (χ4v) is 4.25. The van der Waals surface area contributed by atoms with Crippen LogP contribution in [0.1, 0.15) is 44.9 Å². The minimum Gasteiger partial charge on any atom is -0.381 e. The minimum absolute atomic E-state index is 0.0151. The zero-order chi connectivity index (χ0) is 13.2. The third kappa shape index (κ3) is 2.69. The highest BCUT2D eigenvalue weighted by Gasteiger charge is 2.44. The maximum Gasteiger partial charge on any atom is 0.230 e. The van der Waals surface area contributed by atoms with Crippen molar-refractivity contribution < 1.29 is 14.3 Å². The van der Waals surface area contributed by atoms with Crippen LogP contribution in [0.2, 0.25) is 0 Å². The number of rotatable bonds is 2. The SMILES string of the molecule is O=C1CC(C2CCCOC2)C(C2CCCC2)C(=O)N1. The van der Waals surface area contributed by atoms with Gasteiger partial charge in [-0.3, -0.25) is 14.9 Å². The lowest BCUT2D eigenvalue weighted by Gasteiger charge is -2.40. The zero-order valence-corrected chi connectivity index (χ0v) is 11.4. The van der Waals surface area contributed by atoms with Crippen molar-refractivity contribution in [3.8, 4) is 0 Å². The van der Waals surface area contributed by atoms with Gasteiger partial charge in [0.1, 0.15) is 0 Å². The number of hydrogen-bond donors (Lipinski definition) is 1. The average Bonchev–Trinajstić information content (AvgIpc) is 2.92. The Labute approximate surface area is 114 Å². The Morgan fingerprint density at radius 2 is 1.74 bits per heavy atom. The van der Waals surface area contributed by atoms with E-state index in [1.807, 2.05) is 0 Å². The van der Waals surface area contributed by atoms with Gasteiger partial charge in [0.15, 0.2) is 0 Å². The first kappa shape index (κ1) is 13.1. The second-order valence-corrected chi connectivity index (χ2v) is 6.33. The first-order valence-electron chi connectivity index (χ1n) is 7.67. The van der Waals surface area contributed by atoms with E-state index < -0.39 is 0 Å². The van der Waals surface area contributed by atoms with Gasteiger partial charge in [0.05, 0.1) is 0 Å². The number of nitrogens with one attached hydrogen (secondary N) is 1. The molecular formula is C15H23NO3. The van der Waals surface area contributed by atoms with Crippen LogP contribution in [-0.4, -0.2) is 25.0 Å². The summed E-state index contributed by atoms with van der Waals surface area (Å²) >= 11 is 0. The third-order valence-corrected chi connectivity index (χ3v) is 5.16. The number of carbonyl (C=O) groups excluding carboxylic acids is 2. The summed E-state index contributed by atoms with van der Waals surface area (Å²) in [5, 5.41) is 2.56. The maximum atomic E-state index is 12.3. The van der Waals surface area contributed by atoms with Gasteiger partial charge in [-0.15, -0.1) is 0 Å². The summed E-state index contributed by atoms with van der Waals surface area (Å²) in [6, 6.07) is 0. The molecule has 0 aromatic rings. The van der Waals surface area contributed by atoms with Crippen molar-refractivity contribution in [3.05, 3.63) is 0 Å². The molecule has 0 bridgehead atoms. The number of imide groups is 1. The fraction of sp³-hybridized carbons (Fsp3) is 0.867. The summed E-state index contributed by atoms with van der Waals surface area (Å²) in [4.78, 5) is 24.0. The molecule has 3 aliphatic rings. The molecule has 0 aromatic heterocycles. The van der Waals surface area contributed by atoms with Crippen LogP contribution in [0, 0.1) is 23.7 Å². The number of piperidine rings is 1. The molecule has 4 nitrogen and oxygen atoms in total. The Kier molecular flexibility index (Phi) is 3.87. The third-order valence-electron chi connectivity index (χ3n) is 5.16. The van der Waals surface area contributed by atoms with E-state index >= 15 is 0 Å². The molecular weight excluding hydrogens is 242 g/mol. The highest BCUT2D eigenvalue weighted by molar-refractivity contribution is 5.99. The molecule has 3 fully saturated rings. The van der Waals surface area contributed by atoms with Crippen molar-refractivity contribution in [1.82, 2.24) is 5.32 Å². The minimum atomic E-state index is -0.0881. The summed E-state index contributed by atoms with van der Waals surface area (Å²) in [5.41, 5.74) is 0. The van der Waals surface area contributed by atoms with Gasteiger partial charge in [-0.1, -0.05) is 12.8 Å². The Morgan fingerprint density at radius 1 is 1.00 bits per heavy atom. The predicted octanol–water partition coefficient (Wildman–Crippen LogP) is 1.88. The quantitative estimate of drug-likeness (QED) is 0.776. The topological polar surface area (TPSA) is 55.4 Å². The van der Waals surface area contributed by atoms with Crippen LogP contribution < -0.4 is 5.32 Å². The number of amides is 2. The number of hydrogen-bond acceptors (Lipinski definition) is 3. The van der Waals surface area contributed by atoms with Gasteiger partial charge in [0.2, 0.25) is 11.8 Å². The van der Waals surface area contributed by atoms with E-state index in [2.05, 4.69) is 5.32 Å². The van der Waals surface area contributed by atoms with Crippen LogP contribution in [0.4, 0.5) is 0 Å². The van der Waals surface area contributed by atoms with Gasteiger partial charge >= 0.3 is 0 Å². The predicted molar refractivity (Wildman–Crippen MR) is 70.2 cm³/mol. The molecule has 3 unspecified atom stereocenters. The summed E-state index contributed by atoms with van der Waals surface area (Å²) < 4.78 is 5.57. The summed E-state index contributed by atoms with van der Waals surface area (Å²) in [6.45, 7) is 1.56. The molecule has 1 aliphatic carbocycles. The lowest BCUT2D eigenvalue weighted by Crippen LogP contribution is -2.51. The molecule has 2 heterocycles. The van der Waals surface area contributed by atoms with Gasteiger partial charge in [-0.25, -0.2) is 0 Å². The van der Waals surface area contributed by atoms with Crippen molar-refractivity contribution in [2.75, 3.05) is 13.2 Å². The first-order chi connectivity index (χ1) is 9.25. The molecule has 1 N–H and O–H groups in total. The zero-order valence-electron chi connectivity index (χ0n) is 11.4. The Morgan fingerprint density at radius 3 is 2.42 bits per heavy atom. The molecule has 0 aromatic carbocycles. The smallest absolute Gasteiger partial charge is 0.230 e. The van der Waals surface area contributed by atoms with Crippen molar-refractivity contribution in [2.45, 2.75) is 44.9 Å². The van der Waals surface area contributed by atoms with Gasteiger partial charge in [0, 0.05) is 25.6 Å². The van der Waals surface area contributed by atoms with Crippen molar-refractivity contribution in [3.63, 3.8) is 0 Å². The van der Waals surface area contributed by atoms with Crippen LogP contribution in [0.15, 0.2) is 0 Å². The van der Waals surface area contributed by atoms with Crippen LogP contribution in [-0.2, 0) is 14.3 Å². The van der Waals surface area contributed by atoms with E-state index in [9.17, 15) is 9.59 Å². The molecule has 2 amide bonds. The van der Waals surface area contributed by atoms with E-state index in [0.717, 1.165) is 38.9 Å². The Balaban J connectivity index is 1.78. The number of ether oxygens (including phenoxy) is 1. The highest BCUT2D eigenvalue weighted by atomic mass is 16.5. The molecule has 3 atom stereocenters. The van der Waals surface area contributed by atoms with Gasteiger partial charge in [-0.2, -0.15) is 0 Å². The second-order valence-electron chi connectivity index (χ2n) is 6.33. The summed E-state index contributed by atoms with van der Waals surface area (Å²) in [5.74, 6) is 1.04.